The van der Waals surface area contributed by atoms with Crippen molar-refractivity contribution in [2.75, 3.05) is 21.0 Å². The standard InChI is InChI=1S/C10H9BrO5/c1-13-9-7(11)5(10(12)14-2)3-6-8(9)16-4-15-6/h3H,4H2,1-2H3. The average Bonchev–Trinajstić information content (AvgIpc) is 2.75. The highest BCUT2D eigenvalue weighted by molar-refractivity contribution is 9.10. The fourth-order valence-electron chi connectivity index (χ4n) is 1.43. The molecule has 1 heterocycles. The highest BCUT2D eigenvalue weighted by Crippen LogP contribution is 2.47. The van der Waals surface area contributed by atoms with Crippen LogP contribution in [-0.4, -0.2) is 27.0 Å². The minimum absolute atomic E-state index is 0.114. The Labute approximate surface area is 100 Å². The molecule has 0 saturated heterocycles. The fraction of sp³-hybridized carbons (Fsp3) is 0.300. The Kier molecular flexibility index (Phi) is 2.91. The molecule has 1 aliphatic heterocycles. The predicted octanol–water partition coefficient (Wildman–Crippen LogP) is 1.97. The van der Waals surface area contributed by atoms with Gasteiger partial charge in [0, 0.05) is 6.07 Å². The second-order valence-electron chi connectivity index (χ2n) is 3.00. The van der Waals surface area contributed by atoms with Crippen LogP contribution in [0.2, 0.25) is 0 Å². The van der Waals surface area contributed by atoms with Crippen molar-refractivity contribution in [2.45, 2.75) is 0 Å². The molecule has 0 bridgehead atoms. The Morgan fingerprint density at radius 3 is 2.81 bits per heavy atom. The first kappa shape index (κ1) is 11.1. The largest absolute Gasteiger partial charge is 0.492 e. The van der Waals surface area contributed by atoms with Crippen LogP contribution in [0.4, 0.5) is 0 Å². The molecule has 2 rings (SSSR count). The molecule has 0 fully saturated rings. The summed E-state index contributed by atoms with van der Waals surface area (Å²) in [5.74, 6) is 0.918. The van der Waals surface area contributed by atoms with Crippen LogP contribution in [0.3, 0.4) is 0 Å². The number of esters is 1. The summed E-state index contributed by atoms with van der Waals surface area (Å²) in [4.78, 5) is 11.5. The zero-order valence-corrected chi connectivity index (χ0v) is 10.3. The van der Waals surface area contributed by atoms with Crippen molar-refractivity contribution in [3.05, 3.63) is 16.1 Å². The Bertz CT molecular complexity index is 443. The third-order valence-electron chi connectivity index (χ3n) is 2.17. The van der Waals surface area contributed by atoms with Gasteiger partial charge >= 0.3 is 5.97 Å². The maximum atomic E-state index is 11.5. The van der Waals surface area contributed by atoms with E-state index in [1.54, 1.807) is 6.07 Å². The average molecular weight is 289 g/mol. The maximum Gasteiger partial charge on any atom is 0.339 e. The number of hydrogen-bond acceptors (Lipinski definition) is 5. The number of hydrogen-bond donors (Lipinski definition) is 0. The van der Waals surface area contributed by atoms with Gasteiger partial charge in [-0.25, -0.2) is 4.79 Å². The molecular weight excluding hydrogens is 280 g/mol. The maximum absolute atomic E-state index is 11.5. The van der Waals surface area contributed by atoms with Crippen molar-refractivity contribution in [1.82, 2.24) is 0 Å². The van der Waals surface area contributed by atoms with Gasteiger partial charge in [-0.1, -0.05) is 0 Å². The first-order valence-corrected chi connectivity index (χ1v) is 5.22. The molecule has 1 aliphatic rings. The highest BCUT2D eigenvalue weighted by Gasteiger charge is 2.27. The van der Waals surface area contributed by atoms with Gasteiger partial charge in [-0.2, -0.15) is 0 Å². The first-order chi connectivity index (χ1) is 7.69. The molecule has 0 amide bonds. The second kappa shape index (κ2) is 4.21. The van der Waals surface area contributed by atoms with Gasteiger partial charge in [-0.05, 0) is 15.9 Å². The van der Waals surface area contributed by atoms with Gasteiger partial charge < -0.3 is 18.9 Å². The number of methoxy groups -OCH3 is 2. The molecule has 0 radical (unpaired) electrons. The van der Waals surface area contributed by atoms with Gasteiger partial charge in [0.2, 0.25) is 12.5 Å². The molecule has 0 aliphatic carbocycles. The fourth-order valence-corrected chi connectivity index (χ4v) is 2.05. The Morgan fingerprint density at radius 2 is 2.19 bits per heavy atom. The molecule has 0 unspecified atom stereocenters. The summed E-state index contributed by atoms with van der Waals surface area (Å²) in [6.07, 6.45) is 0. The summed E-state index contributed by atoms with van der Waals surface area (Å²) in [5, 5.41) is 0. The van der Waals surface area contributed by atoms with E-state index in [4.69, 9.17) is 14.2 Å². The lowest BCUT2D eigenvalue weighted by atomic mass is 10.2. The van der Waals surface area contributed by atoms with E-state index in [0.29, 0.717) is 27.3 Å². The van der Waals surface area contributed by atoms with Crippen LogP contribution < -0.4 is 14.2 Å². The summed E-state index contributed by atoms with van der Waals surface area (Å²) < 4.78 is 20.8. The molecule has 86 valence electrons. The summed E-state index contributed by atoms with van der Waals surface area (Å²) in [6, 6.07) is 1.56. The highest BCUT2D eigenvalue weighted by atomic mass is 79.9. The zero-order chi connectivity index (χ0) is 11.7. The monoisotopic (exact) mass is 288 g/mol. The van der Waals surface area contributed by atoms with Gasteiger partial charge in [0.05, 0.1) is 24.3 Å². The van der Waals surface area contributed by atoms with Gasteiger partial charge in [0.15, 0.2) is 11.5 Å². The number of ether oxygens (including phenoxy) is 4. The van der Waals surface area contributed by atoms with Crippen LogP contribution in [0.15, 0.2) is 10.5 Å². The van der Waals surface area contributed by atoms with Gasteiger partial charge in [-0.3, -0.25) is 0 Å². The number of carbonyl (C=O) groups excluding carboxylic acids is 1. The third-order valence-corrected chi connectivity index (χ3v) is 2.96. The summed E-state index contributed by atoms with van der Waals surface area (Å²) in [6.45, 7) is 0.114. The molecule has 1 aromatic carbocycles. The smallest absolute Gasteiger partial charge is 0.339 e. The number of carbonyl (C=O) groups is 1. The van der Waals surface area contributed by atoms with Crippen LogP contribution >= 0.6 is 15.9 Å². The lowest BCUT2D eigenvalue weighted by molar-refractivity contribution is 0.0599. The first-order valence-electron chi connectivity index (χ1n) is 4.43. The van der Waals surface area contributed by atoms with Crippen LogP contribution in [0, 0.1) is 0 Å². The SMILES string of the molecule is COC(=O)c1cc2c(c(OC)c1Br)OCO2. The quantitative estimate of drug-likeness (QED) is 0.779. The van der Waals surface area contributed by atoms with Crippen molar-refractivity contribution < 1.29 is 23.7 Å². The van der Waals surface area contributed by atoms with Crippen LogP contribution in [0.5, 0.6) is 17.2 Å². The van der Waals surface area contributed by atoms with E-state index >= 15 is 0 Å². The molecule has 0 aromatic heterocycles. The lowest BCUT2D eigenvalue weighted by Crippen LogP contribution is -2.03. The van der Waals surface area contributed by atoms with Crippen molar-refractivity contribution in [2.24, 2.45) is 0 Å². The third kappa shape index (κ3) is 1.59. The lowest BCUT2D eigenvalue weighted by Gasteiger charge is -2.10. The van der Waals surface area contributed by atoms with E-state index in [1.807, 2.05) is 0 Å². The summed E-state index contributed by atoms with van der Waals surface area (Å²) in [7, 11) is 2.80. The van der Waals surface area contributed by atoms with Crippen molar-refractivity contribution in [3.8, 4) is 17.2 Å². The molecule has 6 heteroatoms. The van der Waals surface area contributed by atoms with Crippen LogP contribution in [0.1, 0.15) is 10.4 Å². The molecule has 5 nitrogen and oxygen atoms in total. The van der Waals surface area contributed by atoms with Gasteiger partial charge in [-0.15, -0.1) is 0 Å². The van der Waals surface area contributed by atoms with E-state index in [2.05, 4.69) is 20.7 Å². The van der Waals surface area contributed by atoms with E-state index in [-0.39, 0.29) is 6.79 Å². The van der Waals surface area contributed by atoms with E-state index in [9.17, 15) is 4.79 Å². The topological polar surface area (TPSA) is 54.0 Å². The Balaban J connectivity index is 2.60. The molecular formula is C10H9BrO5. The number of rotatable bonds is 2. The normalized spacial score (nSPS) is 12.4. The molecule has 0 atom stereocenters. The van der Waals surface area contributed by atoms with Crippen LogP contribution in [0.25, 0.3) is 0 Å². The van der Waals surface area contributed by atoms with Crippen molar-refractivity contribution in [3.63, 3.8) is 0 Å². The van der Waals surface area contributed by atoms with E-state index < -0.39 is 5.97 Å². The van der Waals surface area contributed by atoms with Gasteiger partial charge in [0.1, 0.15) is 0 Å². The Hall–Kier alpha value is -1.43. The Morgan fingerprint density at radius 1 is 1.44 bits per heavy atom. The minimum Gasteiger partial charge on any atom is -0.492 e. The molecule has 0 saturated carbocycles. The number of halogens is 1. The van der Waals surface area contributed by atoms with Gasteiger partial charge in [0.25, 0.3) is 0 Å². The summed E-state index contributed by atoms with van der Waals surface area (Å²) >= 11 is 3.28. The molecule has 0 spiro atoms. The molecule has 0 N–H and O–H groups in total. The summed E-state index contributed by atoms with van der Waals surface area (Å²) in [5.41, 5.74) is 0.337. The second-order valence-corrected chi connectivity index (χ2v) is 3.79. The zero-order valence-electron chi connectivity index (χ0n) is 8.70. The van der Waals surface area contributed by atoms with Crippen LogP contribution in [-0.2, 0) is 4.74 Å². The molecule has 16 heavy (non-hydrogen) atoms. The molecule has 1 aromatic rings. The van der Waals surface area contributed by atoms with E-state index in [1.165, 1.54) is 14.2 Å². The number of benzene rings is 1. The van der Waals surface area contributed by atoms with Crippen molar-refractivity contribution in [1.29, 1.82) is 0 Å². The minimum atomic E-state index is -0.469. The van der Waals surface area contributed by atoms with Crippen molar-refractivity contribution >= 4 is 21.9 Å². The predicted molar refractivity (Wildman–Crippen MR) is 58.2 cm³/mol. The number of fused-ring (bicyclic) bond motifs is 1. The van der Waals surface area contributed by atoms with E-state index in [0.717, 1.165) is 0 Å².